The fourth-order valence-corrected chi connectivity index (χ4v) is 3.04. The normalized spacial score (nSPS) is 21.7. The van der Waals surface area contributed by atoms with Crippen molar-refractivity contribution in [1.29, 1.82) is 0 Å². The van der Waals surface area contributed by atoms with Crippen LogP contribution < -0.4 is 10.1 Å². The fraction of sp³-hybridized carbons (Fsp3) is 0.556. The number of amides is 1. The van der Waals surface area contributed by atoms with E-state index in [0.29, 0.717) is 25.7 Å². The lowest BCUT2D eigenvalue weighted by Crippen LogP contribution is -2.35. The molecule has 2 rings (SSSR count). The van der Waals surface area contributed by atoms with Crippen molar-refractivity contribution >= 4 is 11.9 Å². The van der Waals surface area contributed by atoms with Crippen LogP contribution in [0.2, 0.25) is 0 Å². The highest BCUT2D eigenvalue weighted by Crippen LogP contribution is 2.30. The van der Waals surface area contributed by atoms with E-state index in [0.717, 1.165) is 5.56 Å². The van der Waals surface area contributed by atoms with Crippen molar-refractivity contribution in [2.24, 2.45) is 11.8 Å². The number of benzene rings is 1. The SMILES string of the molecule is CC(NC(=O)C1CCC(C(=O)O)CC1)c1ccc(OCC(F)(F)F)cc1. The number of halogens is 3. The number of aliphatic carboxylic acids is 1. The van der Waals surface area contributed by atoms with Gasteiger partial charge in [-0.05, 0) is 50.3 Å². The molecule has 1 aliphatic carbocycles. The maximum Gasteiger partial charge on any atom is 0.422 e. The maximum atomic E-state index is 12.3. The van der Waals surface area contributed by atoms with Gasteiger partial charge in [0, 0.05) is 5.92 Å². The molecule has 8 heteroatoms. The number of rotatable bonds is 6. The zero-order valence-electron chi connectivity index (χ0n) is 14.4. The number of carbonyl (C=O) groups excluding carboxylic acids is 1. The third kappa shape index (κ3) is 5.93. The van der Waals surface area contributed by atoms with Gasteiger partial charge in [-0.15, -0.1) is 0 Å². The number of nitrogens with one attached hydrogen (secondary N) is 1. The van der Waals surface area contributed by atoms with Crippen LogP contribution in [0.15, 0.2) is 24.3 Å². The molecule has 0 saturated heterocycles. The Kier molecular flexibility index (Phi) is 6.50. The van der Waals surface area contributed by atoms with E-state index in [9.17, 15) is 22.8 Å². The predicted molar refractivity (Wildman–Crippen MR) is 87.6 cm³/mol. The molecule has 1 aliphatic rings. The van der Waals surface area contributed by atoms with Crippen LogP contribution in [0.1, 0.15) is 44.2 Å². The van der Waals surface area contributed by atoms with Gasteiger partial charge in [0.1, 0.15) is 5.75 Å². The van der Waals surface area contributed by atoms with Gasteiger partial charge in [-0.2, -0.15) is 13.2 Å². The number of carbonyl (C=O) groups is 2. The highest BCUT2D eigenvalue weighted by Gasteiger charge is 2.30. The molecule has 0 heterocycles. The second kappa shape index (κ2) is 8.42. The summed E-state index contributed by atoms with van der Waals surface area (Å²) in [7, 11) is 0. The van der Waals surface area contributed by atoms with E-state index in [2.05, 4.69) is 10.1 Å². The van der Waals surface area contributed by atoms with Crippen molar-refractivity contribution in [3.63, 3.8) is 0 Å². The minimum Gasteiger partial charge on any atom is -0.484 e. The van der Waals surface area contributed by atoms with Crippen molar-refractivity contribution in [1.82, 2.24) is 5.32 Å². The number of hydrogen-bond acceptors (Lipinski definition) is 3. The van der Waals surface area contributed by atoms with Gasteiger partial charge in [0.05, 0.1) is 12.0 Å². The molecule has 1 saturated carbocycles. The summed E-state index contributed by atoms with van der Waals surface area (Å²) in [6.07, 6.45) is -2.32. The zero-order valence-corrected chi connectivity index (χ0v) is 14.4. The van der Waals surface area contributed by atoms with E-state index in [4.69, 9.17) is 5.11 Å². The molecule has 1 fully saturated rings. The molecule has 1 unspecified atom stereocenters. The molecule has 0 aromatic heterocycles. The molecule has 1 atom stereocenters. The molecule has 2 N–H and O–H groups in total. The molecule has 1 aromatic rings. The van der Waals surface area contributed by atoms with Crippen molar-refractivity contribution in [3.05, 3.63) is 29.8 Å². The molecule has 26 heavy (non-hydrogen) atoms. The topological polar surface area (TPSA) is 75.6 Å². The second-order valence-electron chi connectivity index (χ2n) is 6.59. The quantitative estimate of drug-likeness (QED) is 0.797. The van der Waals surface area contributed by atoms with E-state index in [1.54, 1.807) is 19.1 Å². The Balaban J connectivity index is 1.84. The molecule has 1 aromatic carbocycles. The lowest BCUT2D eigenvalue weighted by atomic mass is 9.81. The maximum absolute atomic E-state index is 12.3. The first-order valence-electron chi connectivity index (χ1n) is 8.48. The van der Waals surface area contributed by atoms with Crippen LogP contribution in [-0.4, -0.2) is 29.8 Å². The molecule has 144 valence electrons. The third-order valence-corrected chi connectivity index (χ3v) is 4.59. The van der Waals surface area contributed by atoms with Crippen LogP contribution >= 0.6 is 0 Å². The summed E-state index contributed by atoms with van der Waals surface area (Å²) < 4.78 is 41.0. The Bertz CT molecular complexity index is 622. The fourth-order valence-electron chi connectivity index (χ4n) is 3.04. The van der Waals surface area contributed by atoms with Gasteiger partial charge in [-0.1, -0.05) is 12.1 Å². The largest absolute Gasteiger partial charge is 0.484 e. The van der Waals surface area contributed by atoms with Crippen molar-refractivity contribution in [2.45, 2.75) is 44.8 Å². The highest BCUT2D eigenvalue weighted by atomic mass is 19.4. The van der Waals surface area contributed by atoms with E-state index < -0.39 is 18.8 Å². The summed E-state index contributed by atoms with van der Waals surface area (Å²) in [5.41, 5.74) is 0.747. The Morgan fingerprint density at radius 3 is 2.19 bits per heavy atom. The van der Waals surface area contributed by atoms with Crippen LogP contribution in [-0.2, 0) is 9.59 Å². The molecule has 0 aliphatic heterocycles. The Morgan fingerprint density at radius 1 is 1.15 bits per heavy atom. The first-order valence-corrected chi connectivity index (χ1v) is 8.48. The van der Waals surface area contributed by atoms with Gasteiger partial charge in [-0.3, -0.25) is 9.59 Å². The number of hydrogen-bond donors (Lipinski definition) is 2. The number of carboxylic acids is 1. The van der Waals surface area contributed by atoms with Gasteiger partial charge in [0.25, 0.3) is 0 Å². The van der Waals surface area contributed by atoms with Crippen molar-refractivity contribution in [3.8, 4) is 5.75 Å². The van der Waals surface area contributed by atoms with Gasteiger partial charge in [0.2, 0.25) is 5.91 Å². The lowest BCUT2D eigenvalue weighted by Gasteiger charge is -2.26. The average Bonchev–Trinajstić information content (AvgIpc) is 2.59. The smallest absolute Gasteiger partial charge is 0.422 e. The molecule has 0 bridgehead atoms. The molecular weight excluding hydrogens is 351 g/mol. The van der Waals surface area contributed by atoms with Crippen molar-refractivity contribution < 1.29 is 32.6 Å². The van der Waals surface area contributed by atoms with Gasteiger partial charge < -0.3 is 15.2 Å². The minimum absolute atomic E-state index is 0.108. The van der Waals surface area contributed by atoms with E-state index >= 15 is 0 Å². The Hall–Kier alpha value is -2.25. The number of ether oxygens (including phenoxy) is 1. The Labute approximate surface area is 149 Å². The zero-order chi connectivity index (χ0) is 19.3. The standard InChI is InChI=1S/C18H22F3NO4/c1-11(12-6-8-15(9-7-12)26-10-18(19,20)21)22-16(23)13-2-4-14(5-3-13)17(24)25/h6-9,11,13-14H,2-5,10H2,1H3,(H,22,23)(H,24,25). The summed E-state index contributed by atoms with van der Waals surface area (Å²) in [5.74, 6) is -1.41. The van der Waals surface area contributed by atoms with Crippen LogP contribution in [0.25, 0.3) is 0 Å². The summed E-state index contributed by atoms with van der Waals surface area (Å²) in [4.78, 5) is 23.3. The minimum atomic E-state index is -4.39. The van der Waals surface area contributed by atoms with Crippen LogP contribution in [0.4, 0.5) is 13.2 Å². The predicted octanol–water partition coefficient (Wildman–Crippen LogP) is 3.70. The monoisotopic (exact) mass is 373 g/mol. The molecule has 0 spiro atoms. The van der Waals surface area contributed by atoms with E-state index in [1.165, 1.54) is 12.1 Å². The number of carboxylic acid groups (broad SMARTS) is 1. The van der Waals surface area contributed by atoms with Gasteiger partial charge in [-0.25, -0.2) is 0 Å². The summed E-state index contributed by atoms with van der Waals surface area (Å²) >= 11 is 0. The molecular formula is C18H22F3NO4. The molecule has 0 radical (unpaired) electrons. The molecule has 1 amide bonds. The summed E-state index contributed by atoms with van der Waals surface area (Å²) in [6.45, 7) is 0.435. The Morgan fingerprint density at radius 2 is 1.69 bits per heavy atom. The van der Waals surface area contributed by atoms with Crippen LogP contribution in [0.5, 0.6) is 5.75 Å². The summed E-state index contributed by atoms with van der Waals surface area (Å²) in [6, 6.07) is 5.77. The average molecular weight is 373 g/mol. The van der Waals surface area contributed by atoms with Gasteiger partial charge >= 0.3 is 12.1 Å². The summed E-state index contributed by atoms with van der Waals surface area (Å²) in [5, 5.41) is 11.9. The van der Waals surface area contributed by atoms with E-state index in [-0.39, 0.29) is 29.5 Å². The number of alkyl halides is 3. The first-order chi connectivity index (χ1) is 12.2. The lowest BCUT2D eigenvalue weighted by molar-refractivity contribution is -0.153. The van der Waals surface area contributed by atoms with Crippen LogP contribution in [0.3, 0.4) is 0 Å². The van der Waals surface area contributed by atoms with Crippen molar-refractivity contribution in [2.75, 3.05) is 6.61 Å². The van der Waals surface area contributed by atoms with Crippen LogP contribution in [0, 0.1) is 11.8 Å². The van der Waals surface area contributed by atoms with E-state index in [1.807, 2.05) is 0 Å². The first kappa shape index (κ1) is 20.1. The van der Waals surface area contributed by atoms with Gasteiger partial charge in [0.15, 0.2) is 6.61 Å². The third-order valence-electron chi connectivity index (χ3n) is 4.59. The highest BCUT2D eigenvalue weighted by molar-refractivity contribution is 5.79. The molecule has 5 nitrogen and oxygen atoms in total. The second-order valence-corrected chi connectivity index (χ2v) is 6.59.